The Morgan fingerprint density at radius 1 is 1.08 bits per heavy atom. The van der Waals surface area contributed by atoms with Crippen LogP contribution in [-0.4, -0.2) is 25.6 Å². The molecule has 0 unspecified atom stereocenters. The zero-order valence-corrected chi connectivity index (χ0v) is 15.5. The van der Waals surface area contributed by atoms with Crippen molar-refractivity contribution < 1.29 is 19.1 Å². The number of anilines is 1. The van der Waals surface area contributed by atoms with Gasteiger partial charge in [0.25, 0.3) is 0 Å². The fourth-order valence-corrected chi connectivity index (χ4v) is 2.44. The molecule has 0 aliphatic heterocycles. The van der Waals surface area contributed by atoms with Crippen LogP contribution >= 0.6 is 0 Å². The third-order valence-corrected chi connectivity index (χ3v) is 3.93. The van der Waals surface area contributed by atoms with E-state index in [1.807, 2.05) is 12.1 Å². The number of hydrogen-bond donors (Lipinski definition) is 1. The number of hydrogen-bond acceptors (Lipinski definition) is 4. The Morgan fingerprint density at radius 2 is 1.81 bits per heavy atom. The molecular formula is C21H25NO4. The first kappa shape index (κ1) is 19.5. The van der Waals surface area contributed by atoms with Crippen LogP contribution in [0.4, 0.5) is 5.69 Å². The molecule has 2 aromatic carbocycles. The molecule has 2 rings (SSSR count). The van der Waals surface area contributed by atoms with Gasteiger partial charge in [-0.2, -0.15) is 0 Å². The molecule has 0 fully saturated rings. The van der Waals surface area contributed by atoms with Gasteiger partial charge in [-0.3, -0.25) is 4.79 Å². The summed E-state index contributed by atoms with van der Waals surface area (Å²) in [4.78, 5) is 23.5. The van der Waals surface area contributed by atoms with Gasteiger partial charge in [-0.25, -0.2) is 4.79 Å². The molecule has 0 saturated carbocycles. The predicted octanol–water partition coefficient (Wildman–Crippen LogP) is 4.39. The summed E-state index contributed by atoms with van der Waals surface area (Å²) in [5.74, 6) is 0.745. The van der Waals surface area contributed by atoms with Gasteiger partial charge in [0.05, 0.1) is 19.3 Å². The van der Waals surface area contributed by atoms with Crippen molar-refractivity contribution in [1.29, 1.82) is 0 Å². The second kappa shape index (κ2) is 9.61. The van der Waals surface area contributed by atoms with E-state index in [0.29, 0.717) is 36.6 Å². The second-order valence-electron chi connectivity index (χ2n) is 6.30. The molecule has 0 spiro atoms. The minimum absolute atomic E-state index is 0.120. The molecule has 0 aromatic heterocycles. The lowest BCUT2D eigenvalue weighted by Crippen LogP contribution is -2.13. The number of carbonyl (C=O) groups is 2. The molecule has 0 bridgehead atoms. The van der Waals surface area contributed by atoms with Crippen molar-refractivity contribution in [1.82, 2.24) is 0 Å². The molecule has 5 heteroatoms. The standard InChI is InChI=1S/C21H25NO4/c1-15(2)16-9-11-19(12-10-16)26-13-5-8-20(23)22-18-7-4-6-17(14-18)21(24)25-3/h4,6-7,9-12,14-15H,5,8,13H2,1-3H3,(H,22,23). The number of benzene rings is 2. The summed E-state index contributed by atoms with van der Waals surface area (Å²) in [7, 11) is 1.32. The van der Waals surface area contributed by atoms with Crippen LogP contribution in [0.1, 0.15) is 48.5 Å². The minimum atomic E-state index is -0.432. The van der Waals surface area contributed by atoms with Crippen molar-refractivity contribution in [2.45, 2.75) is 32.6 Å². The maximum absolute atomic E-state index is 12.0. The molecule has 0 aliphatic rings. The average Bonchev–Trinajstić information content (AvgIpc) is 2.65. The summed E-state index contributed by atoms with van der Waals surface area (Å²) >= 11 is 0. The molecule has 0 heterocycles. The smallest absolute Gasteiger partial charge is 0.337 e. The van der Waals surface area contributed by atoms with Crippen LogP contribution in [0.25, 0.3) is 0 Å². The van der Waals surface area contributed by atoms with Crippen LogP contribution in [0.3, 0.4) is 0 Å². The van der Waals surface area contributed by atoms with Crippen LogP contribution < -0.4 is 10.1 Å². The molecular weight excluding hydrogens is 330 g/mol. The predicted molar refractivity (Wildman–Crippen MR) is 102 cm³/mol. The van der Waals surface area contributed by atoms with E-state index in [0.717, 1.165) is 5.75 Å². The average molecular weight is 355 g/mol. The second-order valence-corrected chi connectivity index (χ2v) is 6.30. The fourth-order valence-electron chi connectivity index (χ4n) is 2.44. The van der Waals surface area contributed by atoms with Gasteiger partial charge in [-0.15, -0.1) is 0 Å². The lowest BCUT2D eigenvalue weighted by Gasteiger charge is -2.09. The Labute approximate surface area is 154 Å². The molecule has 0 aliphatic carbocycles. The summed E-state index contributed by atoms with van der Waals surface area (Å²) in [6, 6.07) is 14.7. The Balaban J connectivity index is 1.74. The van der Waals surface area contributed by atoms with Gasteiger partial charge >= 0.3 is 5.97 Å². The van der Waals surface area contributed by atoms with E-state index >= 15 is 0 Å². The largest absolute Gasteiger partial charge is 0.494 e. The zero-order chi connectivity index (χ0) is 18.9. The first-order chi connectivity index (χ1) is 12.5. The quantitative estimate of drug-likeness (QED) is 0.563. The van der Waals surface area contributed by atoms with E-state index in [1.165, 1.54) is 12.7 Å². The van der Waals surface area contributed by atoms with E-state index in [2.05, 4.69) is 36.0 Å². The third-order valence-electron chi connectivity index (χ3n) is 3.93. The summed E-state index contributed by atoms with van der Waals surface area (Å²) in [6.45, 7) is 4.77. The van der Waals surface area contributed by atoms with E-state index in [1.54, 1.807) is 24.3 Å². The Kier molecular flexibility index (Phi) is 7.21. The number of ether oxygens (including phenoxy) is 2. The molecule has 1 N–H and O–H groups in total. The molecule has 0 radical (unpaired) electrons. The fraction of sp³-hybridized carbons (Fsp3) is 0.333. The maximum Gasteiger partial charge on any atom is 0.337 e. The summed E-state index contributed by atoms with van der Waals surface area (Å²) in [5, 5.41) is 2.78. The third kappa shape index (κ3) is 5.92. The normalized spacial score (nSPS) is 10.5. The lowest BCUT2D eigenvalue weighted by molar-refractivity contribution is -0.116. The van der Waals surface area contributed by atoms with Gasteiger partial charge in [-0.05, 0) is 48.2 Å². The van der Waals surface area contributed by atoms with Crippen molar-refractivity contribution >= 4 is 17.6 Å². The monoisotopic (exact) mass is 355 g/mol. The molecule has 138 valence electrons. The number of carbonyl (C=O) groups excluding carboxylic acids is 2. The minimum Gasteiger partial charge on any atom is -0.494 e. The highest BCUT2D eigenvalue weighted by molar-refractivity contribution is 5.94. The molecule has 0 saturated heterocycles. The van der Waals surface area contributed by atoms with Crippen LogP contribution in [-0.2, 0) is 9.53 Å². The van der Waals surface area contributed by atoms with Crippen molar-refractivity contribution in [2.24, 2.45) is 0 Å². The van der Waals surface area contributed by atoms with Gasteiger partial charge in [0.15, 0.2) is 0 Å². The number of nitrogens with one attached hydrogen (secondary N) is 1. The number of esters is 1. The van der Waals surface area contributed by atoms with Gasteiger partial charge < -0.3 is 14.8 Å². The molecule has 0 atom stereocenters. The lowest BCUT2D eigenvalue weighted by atomic mass is 10.0. The molecule has 5 nitrogen and oxygen atoms in total. The van der Waals surface area contributed by atoms with Crippen molar-refractivity contribution in [3.8, 4) is 5.75 Å². The Morgan fingerprint density at radius 3 is 2.46 bits per heavy atom. The van der Waals surface area contributed by atoms with Gasteiger partial charge in [0, 0.05) is 12.1 Å². The van der Waals surface area contributed by atoms with E-state index in [-0.39, 0.29) is 5.91 Å². The van der Waals surface area contributed by atoms with E-state index in [9.17, 15) is 9.59 Å². The van der Waals surface area contributed by atoms with E-state index in [4.69, 9.17) is 4.74 Å². The van der Waals surface area contributed by atoms with Crippen LogP contribution in [0, 0.1) is 0 Å². The highest BCUT2D eigenvalue weighted by Gasteiger charge is 2.08. The highest BCUT2D eigenvalue weighted by atomic mass is 16.5. The summed E-state index contributed by atoms with van der Waals surface area (Å²) < 4.78 is 10.3. The highest BCUT2D eigenvalue weighted by Crippen LogP contribution is 2.19. The first-order valence-corrected chi connectivity index (χ1v) is 8.70. The first-order valence-electron chi connectivity index (χ1n) is 8.70. The maximum atomic E-state index is 12.0. The SMILES string of the molecule is COC(=O)c1cccc(NC(=O)CCCOc2ccc(C(C)C)cc2)c1. The van der Waals surface area contributed by atoms with Gasteiger partial charge in [0.1, 0.15) is 5.75 Å². The summed E-state index contributed by atoms with van der Waals surface area (Å²) in [5.41, 5.74) is 2.24. The van der Waals surface area contributed by atoms with Gasteiger partial charge in [0.2, 0.25) is 5.91 Å². The topological polar surface area (TPSA) is 64.6 Å². The van der Waals surface area contributed by atoms with Crippen LogP contribution in [0.2, 0.25) is 0 Å². The Hall–Kier alpha value is -2.82. The van der Waals surface area contributed by atoms with Crippen molar-refractivity contribution in [3.05, 3.63) is 59.7 Å². The number of amides is 1. The molecule has 2 aromatic rings. The molecule has 26 heavy (non-hydrogen) atoms. The molecule has 1 amide bonds. The van der Waals surface area contributed by atoms with E-state index < -0.39 is 5.97 Å². The number of methoxy groups -OCH3 is 1. The Bertz CT molecular complexity index is 738. The van der Waals surface area contributed by atoms with Gasteiger partial charge in [-0.1, -0.05) is 32.0 Å². The van der Waals surface area contributed by atoms with Crippen LogP contribution in [0.15, 0.2) is 48.5 Å². The van der Waals surface area contributed by atoms with Crippen molar-refractivity contribution in [2.75, 3.05) is 19.0 Å². The van der Waals surface area contributed by atoms with Crippen molar-refractivity contribution in [3.63, 3.8) is 0 Å². The summed E-state index contributed by atoms with van der Waals surface area (Å²) in [6.07, 6.45) is 0.945. The number of rotatable bonds is 8. The zero-order valence-electron chi connectivity index (χ0n) is 15.5. The van der Waals surface area contributed by atoms with Crippen LogP contribution in [0.5, 0.6) is 5.75 Å².